The van der Waals surface area contributed by atoms with E-state index in [4.69, 9.17) is 4.74 Å². The van der Waals surface area contributed by atoms with Crippen molar-refractivity contribution in [1.29, 1.82) is 0 Å². The number of phenols is 1. The lowest BCUT2D eigenvalue weighted by Gasteiger charge is -2.25. The molecule has 7 nitrogen and oxygen atoms in total. The van der Waals surface area contributed by atoms with E-state index >= 15 is 0 Å². The third-order valence-electron chi connectivity index (χ3n) is 8.90. The summed E-state index contributed by atoms with van der Waals surface area (Å²) in [5, 5.41) is 11.4. The molecule has 2 N–H and O–H groups in total. The average Bonchev–Trinajstić information content (AvgIpc) is 3.42. The molecule has 0 atom stereocenters. The van der Waals surface area contributed by atoms with Gasteiger partial charge in [0, 0.05) is 35.1 Å². The Hall–Kier alpha value is -5.18. The first-order valence-electron chi connectivity index (χ1n) is 16.5. The van der Waals surface area contributed by atoms with Crippen LogP contribution in [0.25, 0.3) is 10.9 Å². The molecule has 0 amide bonds. The third-order valence-corrected chi connectivity index (χ3v) is 10.2. The normalized spacial score (nSPS) is 11.6. The van der Waals surface area contributed by atoms with Gasteiger partial charge in [-0.25, -0.2) is 17.9 Å². The van der Waals surface area contributed by atoms with E-state index < -0.39 is 10.0 Å². The highest BCUT2D eigenvalue weighted by atomic mass is 32.2. The molecule has 0 aliphatic heterocycles. The zero-order chi connectivity index (χ0) is 34.2. The fraction of sp³-hybridized carbons (Fsp3) is 0.195. The number of aromatic hydroxyl groups is 1. The molecule has 0 spiro atoms. The molecule has 0 fully saturated rings. The van der Waals surface area contributed by atoms with Crippen LogP contribution in [0.5, 0.6) is 5.75 Å². The maximum atomic E-state index is 13.2. The van der Waals surface area contributed by atoms with Crippen LogP contribution in [-0.2, 0) is 39.8 Å². The van der Waals surface area contributed by atoms with E-state index in [1.165, 1.54) is 18.7 Å². The average molecular weight is 673 g/mol. The number of methoxy groups -OCH3 is 1. The topological polar surface area (TPSA) is 97.6 Å². The van der Waals surface area contributed by atoms with Gasteiger partial charge in [0.2, 0.25) is 10.0 Å². The van der Waals surface area contributed by atoms with E-state index in [1.807, 2.05) is 24.3 Å². The van der Waals surface area contributed by atoms with Crippen molar-refractivity contribution in [2.24, 2.45) is 0 Å². The number of hydrogen-bond acceptors (Lipinski definition) is 5. The molecule has 0 aliphatic rings. The quantitative estimate of drug-likeness (QED) is 0.116. The Balaban J connectivity index is 1.37. The van der Waals surface area contributed by atoms with Crippen LogP contribution in [0.1, 0.15) is 56.3 Å². The van der Waals surface area contributed by atoms with E-state index in [-0.39, 0.29) is 30.1 Å². The van der Waals surface area contributed by atoms with Gasteiger partial charge in [0.05, 0.1) is 24.5 Å². The Morgan fingerprint density at radius 2 is 1.37 bits per heavy atom. The summed E-state index contributed by atoms with van der Waals surface area (Å²) in [6.45, 7) is 0.199. The molecule has 0 saturated heterocycles. The van der Waals surface area contributed by atoms with Crippen molar-refractivity contribution >= 4 is 26.9 Å². The van der Waals surface area contributed by atoms with Gasteiger partial charge in [-0.3, -0.25) is 0 Å². The van der Waals surface area contributed by atoms with Crippen LogP contribution in [0.2, 0.25) is 0 Å². The number of nitrogens with zero attached hydrogens (tertiary/aromatic N) is 1. The number of rotatable bonds is 14. The molecule has 6 rings (SSSR count). The zero-order valence-electron chi connectivity index (χ0n) is 27.5. The highest BCUT2D eigenvalue weighted by Crippen LogP contribution is 2.37. The van der Waals surface area contributed by atoms with Crippen molar-refractivity contribution in [2.45, 2.75) is 37.5 Å². The minimum absolute atomic E-state index is 0.0382. The first-order valence-corrected chi connectivity index (χ1v) is 18.1. The largest absolute Gasteiger partial charge is 0.508 e. The molecule has 49 heavy (non-hydrogen) atoms. The van der Waals surface area contributed by atoms with Crippen molar-refractivity contribution < 1.29 is 23.1 Å². The van der Waals surface area contributed by atoms with E-state index in [9.17, 15) is 18.3 Å². The predicted molar refractivity (Wildman–Crippen MR) is 194 cm³/mol. The molecule has 0 saturated carbocycles. The number of aryl methyl sites for hydroxylation is 2. The van der Waals surface area contributed by atoms with Gasteiger partial charge in [-0.15, -0.1) is 0 Å². The van der Waals surface area contributed by atoms with Gasteiger partial charge in [-0.2, -0.15) is 0 Å². The fourth-order valence-corrected chi connectivity index (χ4v) is 7.77. The van der Waals surface area contributed by atoms with E-state index in [0.29, 0.717) is 17.5 Å². The van der Waals surface area contributed by atoms with Crippen molar-refractivity contribution in [3.05, 3.63) is 173 Å². The lowest BCUT2D eigenvalue weighted by molar-refractivity contribution is 0.0600. The Labute approximate surface area is 287 Å². The fourth-order valence-electron chi connectivity index (χ4n) is 6.60. The first-order chi connectivity index (χ1) is 23.8. The third kappa shape index (κ3) is 7.94. The monoisotopic (exact) mass is 672 g/mol. The molecular formula is C41H40N2O5S. The second-order valence-corrected chi connectivity index (χ2v) is 13.9. The van der Waals surface area contributed by atoms with Gasteiger partial charge in [0.25, 0.3) is 0 Å². The van der Waals surface area contributed by atoms with Crippen molar-refractivity contribution in [1.82, 2.24) is 9.29 Å². The first kappa shape index (κ1) is 33.7. The summed E-state index contributed by atoms with van der Waals surface area (Å²) in [6, 6.07) is 43.1. The summed E-state index contributed by atoms with van der Waals surface area (Å²) >= 11 is 0. The summed E-state index contributed by atoms with van der Waals surface area (Å²) in [6.07, 6.45) is 2.92. The lowest BCUT2D eigenvalue weighted by atomic mass is 9.97. The molecule has 250 valence electrons. The van der Waals surface area contributed by atoms with Gasteiger partial charge in [-0.1, -0.05) is 109 Å². The number of sulfonamides is 1. The molecule has 0 unspecified atom stereocenters. The van der Waals surface area contributed by atoms with E-state index in [2.05, 4.69) is 82.1 Å². The van der Waals surface area contributed by atoms with Crippen LogP contribution < -0.4 is 4.72 Å². The van der Waals surface area contributed by atoms with Gasteiger partial charge in [0.15, 0.2) is 0 Å². The van der Waals surface area contributed by atoms with Crippen molar-refractivity contribution in [2.75, 3.05) is 13.7 Å². The van der Waals surface area contributed by atoms with Gasteiger partial charge >= 0.3 is 5.97 Å². The van der Waals surface area contributed by atoms with Crippen LogP contribution in [-0.4, -0.2) is 37.7 Å². The predicted octanol–water partition coefficient (Wildman–Crippen LogP) is 7.61. The van der Waals surface area contributed by atoms with Gasteiger partial charge in [0.1, 0.15) is 5.75 Å². The van der Waals surface area contributed by atoms with Crippen LogP contribution >= 0.6 is 0 Å². The number of ether oxygens (including phenoxy) is 1. The number of esters is 1. The molecule has 5 aromatic carbocycles. The number of benzene rings is 5. The summed E-state index contributed by atoms with van der Waals surface area (Å²) in [5.74, 6) is -0.698. The molecule has 6 aromatic rings. The molecule has 8 heteroatoms. The van der Waals surface area contributed by atoms with Gasteiger partial charge < -0.3 is 14.4 Å². The Morgan fingerprint density at radius 1 is 0.755 bits per heavy atom. The Kier molecular flexibility index (Phi) is 10.6. The summed E-state index contributed by atoms with van der Waals surface area (Å²) in [5.41, 5.74) is 7.63. The second-order valence-electron chi connectivity index (χ2n) is 12.1. The number of fused-ring (bicyclic) bond motifs is 1. The molecule has 1 aromatic heterocycles. The number of carbonyl (C=O) groups excluding carboxylic acids is 1. The van der Waals surface area contributed by atoms with E-state index in [0.717, 1.165) is 52.5 Å². The summed E-state index contributed by atoms with van der Waals surface area (Å²) in [4.78, 5) is 11.9. The molecule has 0 bridgehead atoms. The summed E-state index contributed by atoms with van der Waals surface area (Å²) in [7, 11) is -2.35. The second kappa shape index (κ2) is 15.4. The molecular weight excluding hydrogens is 633 g/mol. The van der Waals surface area contributed by atoms with Gasteiger partial charge in [-0.05, 0) is 65.8 Å². The number of phenolic OH excluding ortho intramolecular Hbond substituents is 1. The maximum absolute atomic E-state index is 13.2. The maximum Gasteiger partial charge on any atom is 0.337 e. The zero-order valence-corrected chi connectivity index (χ0v) is 28.3. The number of para-hydroxylation sites is 2. The van der Waals surface area contributed by atoms with Crippen LogP contribution in [0.3, 0.4) is 0 Å². The molecule has 0 radical (unpaired) electrons. The van der Waals surface area contributed by atoms with Crippen molar-refractivity contribution in [3.63, 3.8) is 0 Å². The minimum atomic E-state index is -3.72. The van der Waals surface area contributed by atoms with Crippen molar-refractivity contribution in [3.8, 4) is 5.75 Å². The SMILES string of the molecule is COC(=O)c1ccc(CCCc2c(CCNS(=O)(=O)Cc3ccccc3O)n(C(c3ccccc3)c3ccccc3)c3ccccc23)cc1. The smallest absolute Gasteiger partial charge is 0.337 e. The number of nitrogens with one attached hydrogen (secondary N) is 1. The number of hydrogen-bond donors (Lipinski definition) is 2. The Morgan fingerprint density at radius 3 is 2.02 bits per heavy atom. The standard InChI is InChI=1S/C41H40N2O5S/c1-48-41(45)33-25-23-30(24-26-33)13-12-20-36-35-19-9-10-21-37(35)43(40(31-14-4-2-5-15-31)32-16-6-3-7-17-32)38(36)27-28-42-49(46,47)29-34-18-8-11-22-39(34)44/h2-11,14-19,21-26,40,42,44H,12-13,20,27-29H2,1H3. The summed E-state index contributed by atoms with van der Waals surface area (Å²) < 4.78 is 36.5. The van der Waals surface area contributed by atoms with E-state index in [1.54, 1.807) is 30.3 Å². The minimum Gasteiger partial charge on any atom is -0.508 e. The number of carbonyl (C=O) groups is 1. The van der Waals surface area contributed by atoms with Crippen LogP contribution in [0.4, 0.5) is 0 Å². The highest BCUT2D eigenvalue weighted by molar-refractivity contribution is 7.88. The Bertz CT molecular complexity index is 2090. The van der Waals surface area contributed by atoms with Crippen LogP contribution in [0, 0.1) is 0 Å². The lowest BCUT2D eigenvalue weighted by Crippen LogP contribution is -2.28. The highest BCUT2D eigenvalue weighted by Gasteiger charge is 2.25. The van der Waals surface area contributed by atoms with Crippen LogP contribution in [0.15, 0.2) is 133 Å². The molecule has 1 heterocycles. The molecule has 0 aliphatic carbocycles. The number of aromatic nitrogens is 1.